The molecule has 0 spiro atoms. The lowest BCUT2D eigenvalue weighted by molar-refractivity contribution is 0.597. The predicted octanol–water partition coefficient (Wildman–Crippen LogP) is 2.00. The molecule has 3 nitrogen and oxygen atoms in total. The van der Waals surface area contributed by atoms with Crippen LogP contribution in [0.25, 0.3) is 11.0 Å². The van der Waals surface area contributed by atoms with E-state index >= 15 is 0 Å². The molecule has 0 aromatic carbocycles. The largest absolute Gasteiger partial charge is 0.357 e. The zero-order valence-electron chi connectivity index (χ0n) is 8.96. The number of nitrogens with one attached hydrogen (secondary N) is 2. The van der Waals surface area contributed by atoms with E-state index < -0.39 is 0 Å². The zero-order valence-corrected chi connectivity index (χ0v) is 8.96. The Balaban J connectivity index is 1.86. The fourth-order valence-electron chi connectivity index (χ4n) is 2.35. The standard InChI is InChI=1S/C12H14FN3/c13-8-4-12-11(15-7-8)6-10(16-12)5-9-2-1-3-14-9/h4,6-7,9,14,16H,1-3,5H2. The van der Waals surface area contributed by atoms with Crippen LogP contribution in [0.3, 0.4) is 0 Å². The van der Waals surface area contributed by atoms with Crippen molar-refractivity contribution < 1.29 is 4.39 Å². The number of H-pyrrole nitrogens is 1. The summed E-state index contributed by atoms with van der Waals surface area (Å²) in [5.41, 5.74) is 2.76. The summed E-state index contributed by atoms with van der Waals surface area (Å²) in [5, 5.41) is 3.45. The molecule has 1 aliphatic heterocycles. The SMILES string of the molecule is Fc1cnc2cc(CC3CCCN3)[nH]c2c1. The van der Waals surface area contributed by atoms with Crippen LogP contribution < -0.4 is 5.32 Å². The Morgan fingerprint density at radius 1 is 1.44 bits per heavy atom. The maximum atomic E-state index is 13.0. The molecule has 2 N–H and O–H groups in total. The molecule has 0 saturated carbocycles. The van der Waals surface area contributed by atoms with Gasteiger partial charge >= 0.3 is 0 Å². The average Bonchev–Trinajstić information content (AvgIpc) is 2.86. The number of hydrogen-bond acceptors (Lipinski definition) is 2. The molecule has 0 bridgehead atoms. The van der Waals surface area contributed by atoms with E-state index in [1.165, 1.54) is 25.1 Å². The molecule has 1 fully saturated rings. The molecule has 3 rings (SSSR count). The van der Waals surface area contributed by atoms with Gasteiger partial charge in [0.05, 0.1) is 17.2 Å². The van der Waals surface area contributed by atoms with Crippen LogP contribution in [0.15, 0.2) is 18.3 Å². The van der Waals surface area contributed by atoms with Crippen LogP contribution in [0.2, 0.25) is 0 Å². The van der Waals surface area contributed by atoms with Gasteiger partial charge in [-0.1, -0.05) is 0 Å². The van der Waals surface area contributed by atoms with Crippen molar-refractivity contribution in [3.8, 4) is 0 Å². The monoisotopic (exact) mass is 219 g/mol. The third kappa shape index (κ3) is 1.80. The molecular weight excluding hydrogens is 205 g/mol. The number of halogens is 1. The molecule has 1 unspecified atom stereocenters. The van der Waals surface area contributed by atoms with Crippen LogP contribution in [0.5, 0.6) is 0 Å². The van der Waals surface area contributed by atoms with E-state index in [9.17, 15) is 4.39 Å². The molecule has 0 radical (unpaired) electrons. The Kier molecular flexibility index (Phi) is 2.36. The first-order valence-corrected chi connectivity index (χ1v) is 5.68. The van der Waals surface area contributed by atoms with Crippen LogP contribution in [-0.4, -0.2) is 22.6 Å². The van der Waals surface area contributed by atoms with E-state index in [4.69, 9.17) is 0 Å². The number of pyridine rings is 1. The van der Waals surface area contributed by atoms with Crippen molar-refractivity contribution in [2.45, 2.75) is 25.3 Å². The number of rotatable bonds is 2. The van der Waals surface area contributed by atoms with Crippen molar-refractivity contribution in [2.75, 3.05) is 6.54 Å². The Morgan fingerprint density at radius 3 is 3.19 bits per heavy atom. The molecule has 2 aromatic rings. The van der Waals surface area contributed by atoms with Crippen LogP contribution in [0.4, 0.5) is 4.39 Å². The summed E-state index contributed by atoms with van der Waals surface area (Å²) in [4.78, 5) is 7.27. The fraction of sp³-hybridized carbons (Fsp3) is 0.417. The highest BCUT2D eigenvalue weighted by Gasteiger charge is 2.15. The third-order valence-corrected chi connectivity index (χ3v) is 3.12. The Bertz CT molecular complexity index is 500. The van der Waals surface area contributed by atoms with Crippen molar-refractivity contribution in [3.63, 3.8) is 0 Å². The Morgan fingerprint density at radius 2 is 2.38 bits per heavy atom. The lowest BCUT2D eigenvalue weighted by Crippen LogP contribution is -2.23. The number of hydrogen-bond donors (Lipinski definition) is 2. The summed E-state index contributed by atoms with van der Waals surface area (Å²) in [7, 11) is 0. The van der Waals surface area contributed by atoms with Crippen molar-refractivity contribution >= 4 is 11.0 Å². The van der Waals surface area contributed by atoms with Crippen molar-refractivity contribution in [3.05, 3.63) is 29.8 Å². The van der Waals surface area contributed by atoms with E-state index in [1.807, 2.05) is 6.07 Å². The van der Waals surface area contributed by atoms with Gasteiger partial charge in [-0.3, -0.25) is 4.98 Å². The van der Waals surface area contributed by atoms with Gasteiger partial charge in [-0.2, -0.15) is 0 Å². The fourth-order valence-corrected chi connectivity index (χ4v) is 2.35. The van der Waals surface area contributed by atoms with Gasteiger partial charge < -0.3 is 10.3 Å². The summed E-state index contributed by atoms with van der Waals surface area (Å²) >= 11 is 0. The minimum atomic E-state index is -0.292. The van der Waals surface area contributed by atoms with Gasteiger partial charge in [-0.25, -0.2) is 4.39 Å². The van der Waals surface area contributed by atoms with Crippen molar-refractivity contribution in [1.29, 1.82) is 0 Å². The van der Waals surface area contributed by atoms with E-state index in [1.54, 1.807) is 0 Å². The second-order valence-electron chi connectivity index (χ2n) is 4.38. The first kappa shape index (κ1) is 9.78. The lowest BCUT2D eigenvalue weighted by Gasteiger charge is -2.07. The number of nitrogens with zero attached hydrogens (tertiary/aromatic N) is 1. The maximum absolute atomic E-state index is 13.0. The highest BCUT2D eigenvalue weighted by Crippen LogP contribution is 2.17. The second kappa shape index (κ2) is 3.87. The normalized spacial score (nSPS) is 20.7. The van der Waals surface area contributed by atoms with E-state index in [0.29, 0.717) is 6.04 Å². The minimum Gasteiger partial charge on any atom is -0.357 e. The number of fused-ring (bicyclic) bond motifs is 1. The molecule has 16 heavy (non-hydrogen) atoms. The van der Waals surface area contributed by atoms with E-state index in [-0.39, 0.29) is 5.82 Å². The topological polar surface area (TPSA) is 40.7 Å². The summed E-state index contributed by atoms with van der Waals surface area (Å²) in [6, 6.07) is 4.06. The molecule has 2 aromatic heterocycles. The van der Waals surface area contributed by atoms with Gasteiger partial charge in [-0.05, 0) is 25.5 Å². The Labute approximate surface area is 93.1 Å². The predicted molar refractivity (Wildman–Crippen MR) is 60.8 cm³/mol. The van der Waals surface area contributed by atoms with Crippen LogP contribution >= 0.6 is 0 Å². The van der Waals surface area contributed by atoms with Crippen LogP contribution in [0.1, 0.15) is 18.5 Å². The van der Waals surface area contributed by atoms with Gasteiger partial charge in [0.2, 0.25) is 0 Å². The average molecular weight is 219 g/mol. The smallest absolute Gasteiger partial charge is 0.143 e. The molecule has 1 aliphatic rings. The third-order valence-electron chi connectivity index (χ3n) is 3.12. The summed E-state index contributed by atoms with van der Waals surface area (Å²) in [6.45, 7) is 1.11. The van der Waals surface area contributed by atoms with E-state index in [0.717, 1.165) is 29.7 Å². The van der Waals surface area contributed by atoms with Crippen LogP contribution in [0, 0.1) is 5.82 Å². The van der Waals surface area contributed by atoms with Crippen molar-refractivity contribution in [2.24, 2.45) is 0 Å². The molecule has 1 atom stereocenters. The first-order valence-electron chi connectivity index (χ1n) is 5.68. The lowest BCUT2D eigenvalue weighted by atomic mass is 10.1. The van der Waals surface area contributed by atoms with Crippen LogP contribution in [-0.2, 0) is 6.42 Å². The maximum Gasteiger partial charge on any atom is 0.143 e. The minimum absolute atomic E-state index is 0.292. The second-order valence-corrected chi connectivity index (χ2v) is 4.38. The van der Waals surface area contributed by atoms with Crippen molar-refractivity contribution in [1.82, 2.24) is 15.3 Å². The first-order chi connectivity index (χ1) is 7.81. The quantitative estimate of drug-likeness (QED) is 0.811. The highest BCUT2D eigenvalue weighted by molar-refractivity contribution is 5.75. The number of aromatic nitrogens is 2. The highest BCUT2D eigenvalue weighted by atomic mass is 19.1. The number of aromatic amines is 1. The van der Waals surface area contributed by atoms with Gasteiger partial charge in [-0.15, -0.1) is 0 Å². The van der Waals surface area contributed by atoms with Gasteiger partial charge in [0, 0.05) is 24.2 Å². The molecule has 84 valence electrons. The van der Waals surface area contributed by atoms with Gasteiger partial charge in [0.25, 0.3) is 0 Å². The van der Waals surface area contributed by atoms with E-state index in [2.05, 4.69) is 15.3 Å². The molecule has 4 heteroatoms. The zero-order chi connectivity index (χ0) is 11.0. The molecule has 3 heterocycles. The molecule has 0 amide bonds. The molecule has 0 aliphatic carbocycles. The Hall–Kier alpha value is -1.42. The molecular formula is C12H14FN3. The summed E-state index contributed by atoms with van der Waals surface area (Å²) < 4.78 is 13.0. The van der Waals surface area contributed by atoms with Gasteiger partial charge in [0.1, 0.15) is 5.82 Å². The summed E-state index contributed by atoms with van der Waals surface area (Å²) in [5.74, 6) is -0.292. The molecule has 1 saturated heterocycles. The summed E-state index contributed by atoms with van der Waals surface area (Å²) in [6.07, 6.45) is 4.70. The van der Waals surface area contributed by atoms with Gasteiger partial charge in [0.15, 0.2) is 0 Å².